The van der Waals surface area contributed by atoms with E-state index in [9.17, 15) is 43.8 Å². The number of rotatable bonds is 38. The summed E-state index contributed by atoms with van der Waals surface area (Å²) in [5.41, 5.74) is 32.3. The summed E-state index contributed by atoms with van der Waals surface area (Å²) >= 11 is 6.28. The van der Waals surface area contributed by atoms with Gasteiger partial charge in [-0.3, -0.25) is 62.7 Å². The first-order valence-corrected chi connectivity index (χ1v) is 36.1. The van der Waals surface area contributed by atoms with Crippen molar-refractivity contribution in [2.45, 2.75) is 152 Å². The Morgan fingerprint density at radius 3 is 1.50 bits per heavy atom. The van der Waals surface area contributed by atoms with Crippen LogP contribution in [0.5, 0.6) is 5.75 Å². The number of amides is 11. The van der Waals surface area contributed by atoms with E-state index in [2.05, 4.69) is 62.8 Å². The van der Waals surface area contributed by atoms with Crippen LogP contribution in [0.3, 0.4) is 0 Å². The third-order valence-corrected chi connectivity index (χ3v) is 18.7. The number of aliphatic imine (C=N–C) groups is 2. The molecule has 0 radical (unpaired) electrons. The quantitative estimate of drug-likeness (QED) is 0.0142. The van der Waals surface area contributed by atoms with E-state index in [-0.39, 0.29) is 102 Å². The van der Waals surface area contributed by atoms with Gasteiger partial charge in [0.1, 0.15) is 66.2 Å². The number of likely N-dealkylation sites (tertiary alicyclic amines) is 1. The van der Waals surface area contributed by atoms with Gasteiger partial charge in [-0.15, -0.1) is 0 Å². The summed E-state index contributed by atoms with van der Waals surface area (Å²) in [6.45, 7) is 3.52. The Morgan fingerprint density at radius 2 is 0.963 bits per heavy atom. The second kappa shape index (κ2) is 40.0. The summed E-state index contributed by atoms with van der Waals surface area (Å²) in [6, 6.07) is 25.4. The summed E-state index contributed by atoms with van der Waals surface area (Å²) in [4.78, 5) is 170. The maximum Gasteiger partial charge on any atom is 0.245 e. The molecule has 32 heteroatoms. The Morgan fingerprint density at radius 1 is 0.523 bits per heavy atom. The number of nitrogens with two attached hydrogens (primary N) is 5. The third-order valence-electron chi connectivity index (χ3n) is 18.4. The molecule has 1 aromatic heterocycles. The molecule has 0 spiro atoms. The molecule has 1 fully saturated rings. The molecule has 10 atom stereocenters. The molecule has 22 N–H and O–H groups in total. The summed E-state index contributed by atoms with van der Waals surface area (Å²) in [7, 11) is 0. The number of aromatic hydroxyl groups is 1. The van der Waals surface area contributed by atoms with E-state index in [1.807, 2.05) is 49.4 Å². The Balaban J connectivity index is 1.07. The molecular weight excluding hydrogens is 1420 g/mol. The molecule has 0 saturated carbocycles. The molecule has 0 aliphatic carbocycles. The van der Waals surface area contributed by atoms with E-state index in [0.29, 0.717) is 50.2 Å². The maximum absolute atomic E-state index is 15.1. The lowest BCUT2D eigenvalue weighted by Gasteiger charge is -2.30. The minimum atomic E-state index is -1.86. The third kappa shape index (κ3) is 25.0. The smallest absolute Gasteiger partial charge is 0.245 e. The molecule has 1 saturated heterocycles. The molecule has 11 amide bonds. The first-order chi connectivity index (χ1) is 52.1. The average molecular weight is 1520 g/mol. The van der Waals surface area contributed by atoms with Crippen LogP contribution in [0, 0.1) is 6.92 Å². The topological polar surface area (TPSA) is 510 Å². The number of carbonyl (C=O) groups excluding carboxylic acids is 11. The highest BCUT2D eigenvalue weighted by molar-refractivity contribution is 6.30. The Kier molecular flexibility index (Phi) is 30.3. The van der Waals surface area contributed by atoms with Gasteiger partial charge in [0.05, 0.1) is 6.61 Å². The fraction of sp³-hybridized carbons (Fsp3) is 0.364. The number of aromatic nitrogens is 1. The molecule has 31 nitrogen and oxygen atoms in total. The van der Waals surface area contributed by atoms with Gasteiger partial charge in [0.15, 0.2) is 11.9 Å². The molecule has 0 unspecified atom stereocenters. The zero-order chi connectivity index (χ0) is 78.8. The molecular formula is C77H95ClN18O13. The lowest BCUT2D eigenvalue weighted by Crippen LogP contribution is -2.61. The fourth-order valence-corrected chi connectivity index (χ4v) is 12.7. The highest BCUT2D eigenvalue weighted by Gasteiger charge is 2.40. The molecule has 109 heavy (non-hydrogen) atoms. The maximum atomic E-state index is 15.1. The predicted octanol–water partition coefficient (Wildman–Crippen LogP) is 0.481. The van der Waals surface area contributed by atoms with Crippen molar-refractivity contribution in [1.29, 1.82) is 0 Å². The molecule has 7 aromatic rings. The number of para-hydroxylation sites is 1. The van der Waals surface area contributed by atoms with Gasteiger partial charge in [-0.05, 0) is 121 Å². The van der Waals surface area contributed by atoms with Gasteiger partial charge in [0.25, 0.3) is 0 Å². The number of hydrogen-bond acceptors (Lipinski definition) is 15. The lowest BCUT2D eigenvalue weighted by atomic mass is 9.99. The number of aliphatic hydroxyl groups is 1. The van der Waals surface area contributed by atoms with Crippen LogP contribution in [0.25, 0.3) is 21.7 Å². The molecule has 0 bridgehead atoms. The number of fused-ring (bicyclic) bond motifs is 2. The molecule has 1 aliphatic heterocycles. The van der Waals surface area contributed by atoms with Crippen LogP contribution in [-0.4, -0.2) is 184 Å². The first-order valence-electron chi connectivity index (χ1n) is 35.7. The van der Waals surface area contributed by atoms with Crippen LogP contribution in [0.4, 0.5) is 0 Å². The van der Waals surface area contributed by atoms with Crippen LogP contribution < -0.4 is 76.5 Å². The highest BCUT2D eigenvalue weighted by Crippen LogP contribution is 2.24. The zero-order valence-electron chi connectivity index (χ0n) is 60.7. The van der Waals surface area contributed by atoms with Crippen molar-refractivity contribution in [2.24, 2.45) is 38.7 Å². The monoisotopic (exact) mass is 1510 g/mol. The number of hydrogen-bond donors (Lipinski definition) is 17. The molecule has 6 aromatic carbocycles. The van der Waals surface area contributed by atoms with Crippen molar-refractivity contribution in [3.8, 4) is 5.75 Å². The fourth-order valence-electron chi connectivity index (χ4n) is 12.6. The Bertz CT molecular complexity index is 4440. The number of aromatic amines is 1. The number of phenolic OH excluding ortho intramolecular Hbond substituents is 1. The van der Waals surface area contributed by atoms with Crippen LogP contribution in [0.1, 0.15) is 85.8 Å². The highest BCUT2D eigenvalue weighted by atomic mass is 35.5. The Hall–Kier alpha value is -12.1. The van der Waals surface area contributed by atoms with Crippen LogP contribution >= 0.6 is 11.6 Å². The number of aryl methyl sites for hydroxylation is 1. The van der Waals surface area contributed by atoms with E-state index in [1.54, 1.807) is 79.0 Å². The molecule has 8 rings (SSSR count). The number of nitrogens with one attached hydrogen (secondary N) is 10. The normalized spacial score (nSPS) is 15.0. The minimum absolute atomic E-state index is 0.0259. The van der Waals surface area contributed by atoms with Gasteiger partial charge in [-0.25, -0.2) is 0 Å². The van der Waals surface area contributed by atoms with Gasteiger partial charge in [-0.2, -0.15) is 0 Å². The molecule has 578 valence electrons. The van der Waals surface area contributed by atoms with E-state index in [4.69, 9.17) is 40.3 Å². The van der Waals surface area contributed by atoms with Gasteiger partial charge in [0, 0.05) is 80.8 Å². The molecule has 1 aliphatic rings. The summed E-state index contributed by atoms with van der Waals surface area (Å²) in [5.74, 6) is -9.76. The number of nitrogens with zero attached hydrogens (tertiary/aromatic N) is 3. The van der Waals surface area contributed by atoms with Crippen molar-refractivity contribution in [1.82, 2.24) is 57.7 Å². The van der Waals surface area contributed by atoms with Crippen molar-refractivity contribution < 1.29 is 63.0 Å². The standard InChI is InChI=1S/C77H95ClN18O13/c1-43-18-20-46(21-19-43)36-61(70(104)90-58(16-9-33-85-77(82)83)75(109)96-34-10-17-65(96)74(108)87-44(2)66(79)100)91-67(101)57(15-8-32-84-76(80)81)89-69(103)60(38-48-25-30-54(99)31-26-48)93-73(107)64(42-97)95-72(106)63(40-52-41-86-56-14-7-6-13-55(52)56)94-71(105)62(37-47-23-28-53(78)29-24-47)92-68(102)59(88-45(3)98)39-49-22-27-50-11-4-5-12-51(50)35-49/h4-7,11-14,18-31,35,41,44,57-65,86,97,99H,8-10,15-17,32-34,36-40,42H2,1-3H3,(H2,79,100)(H,87,108)(H,88,98)(H,89,103)(H,90,104)(H,91,101)(H,92,102)(H,93,107)(H,94,105)(H,95,106)(H4,80,81,84)(H4,82,83,85)/t44-,57-,58-,59-,60-,61-,62-,63+,64-,65-/m0/s1. The van der Waals surface area contributed by atoms with Gasteiger partial charge >= 0.3 is 0 Å². The van der Waals surface area contributed by atoms with Gasteiger partial charge < -0.3 is 96.6 Å². The number of phenols is 1. The van der Waals surface area contributed by atoms with Crippen LogP contribution in [-0.2, 0) is 84.8 Å². The van der Waals surface area contributed by atoms with Crippen LogP contribution in [0.2, 0.25) is 5.02 Å². The van der Waals surface area contributed by atoms with Crippen molar-refractivity contribution in [3.63, 3.8) is 0 Å². The lowest BCUT2D eigenvalue weighted by molar-refractivity contribution is -0.142. The number of H-pyrrole nitrogens is 1. The van der Waals surface area contributed by atoms with Gasteiger partial charge in [-0.1, -0.05) is 126 Å². The summed E-state index contributed by atoms with van der Waals surface area (Å²) in [5, 5.41) is 48.6. The summed E-state index contributed by atoms with van der Waals surface area (Å²) < 4.78 is 0. The second-order valence-electron chi connectivity index (χ2n) is 26.9. The number of guanidine groups is 2. The minimum Gasteiger partial charge on any atom is -0.508 e. The number of carbonyl (C=O) groups is 11. The number of benzene rings is 6. The zero-order valence-corrected chi connectivity index (χ0v) is 61.5. The van der Waals surface area contributed by atoms with Crippen molar-refractivity contribution >= 4 is 110 Å². The van der Waals surface area contributed by atoms with Crippen LogP contribution in [0.15, 0.2) is 156 Å². The summed E-state index contributed by atoms with van der Waals surface area (Å²) in [6.07, 6.45) is 1.35. The first kappa shape index (κ1) is 82.5. The van der Waals surface area contributed by atoms with E-state index < -0.39 is 132 Å². The number of halogens is 1. The second-order valence-corrected chi connectivity index (χ2v) is 27.4. The van der Waals surface area contributed by atoms with E-state index >= 15 is 19.2 Å². The predicted molar refractivity (Wildman–Crippen MR) is 411 cm³/mol. The van der Waals surface area contributed by atoms with E-state index in [1.165, 1.54) is 43.0 Å². The number of primary amides is 1. The largest absolute Gasteiger partial charge is 0.508 e. The molecule has 2 heterocycles. The van der Waals surface area contributed by atoms with Gasteiger partial charge in [0.2, 0.25) is 65.0 Å². The van der Waals surface area contributed by atoms with Crippen molar-refractivity contribution in [2.75, 3.05) is 26.2 Å². The average Bonchev–Trinajstić information content (AvgIpc) is 1.75. The SMILES string of the molecule is CC(=O)N[C@@H](Cc1ccc2ccccc2c1)C(=O)N[C@@H](Cc1ccc(Cl)cc1)C(=O)N[C@H](Cc1c[nH]c2ccccc12)C(=O)N[C@@H](CO)C(=O)N[C@@H](Cc1ccc(O)cc1)C(=O)N[C@@H](CCCN=C(N)N)C(=O)N[C@@H](Cc1ccc(C)cc1)C(=O)N[C@@H](CCCN=C(N)N)C(=O)N1CCC[C@H]1C(=O)N[C@@H](C)C(N)=O. The van der Waals surface area contributed by atoms with E-state index in [0.717, 1.165) is 16.3 Å². The Labute approximate surface area is 634 Å². The van der Waals surface area contributed by atoms with Crippen molar-refractivity contribution in [3.05, 3.63) is 184 Å². The number of aliphatic hydroxyl groups excluding tert-OH is 1.